The maximum Gasteiger partial charge on any atom is 0.138 e. The quantitative estimate of drug-likeness (QED) is 0.477. The average molecular weight is 387 g/mol. The van der Waals surface area contributed by atoms with E-state index in [0.717, 1.165) is 5.56 Å². The number of benzene rings is 2. The molecule has 3 N–H and O–H groups in total. The highest BCUT2D eigenvalue weighted by Crippen LogP contribution is 2.26. The van der Waals surface area contributed by atoms with Gasteiger partial charge in [0.25, 0.3) is 0 Å². The van der Waals surface area contributed by atoms with Gasteiger partial charge in [-0.2, -0.15) is 0 Å². The van der Waals surface area contributed by atoms with Gasteiger partial charge >= 0.3 is 0 Å². The Morgan fingerprint density at radius 2 is 1.89 bits per heavy atom. The molecule has 0 aliphatic carbocycles. The fourth-order valence-electron chi connectivity index (χ4n) is 1.53. The molecule has 0 heterocycles. The van der Waals surface area contributed by atoms with Crippen LogP contribution in [0.1, 0.15) is 11.1 Å². The van der Waals surface area contributed by atoms with Crippen molar-refractivity contribution >= 4 is 40.0 Å². The maximum atomic E-state index is 7.34. The van der Waals surface area contributed by atoms with Crippen molar-refractivity contribution in [1.82, 2.24) is 0 Å². The molecule has 0 amide bonds. The van der Waals surface area contributed by atoms with Crippen LogP contribution in [0, 0.1) is 8.98 Å². The molecule has 0 aliphatic rings. The van der Waals surface area contributed by atoms with Crippen LogP contribution in [0.15, 0.2) is 42.5 Å². The van der Waals surface area contributed by atoms with Gasteiger partial charge in [-0.1, -0.05) is 23.7 Å². The van der Waals surface area contributed by atoms with E-state index in [1.54, 1.807) is 18.2 Å². The number of nitrogens with one attached hydrogen (secondary N) is 1. The Labute approximate surface area is 130 Å². The number of halogens is 2. The number of rotatable bonds is 4. The third kappa shape index (κ3) is 3.84. The van der Waals surface area contributed by atoms with E-state index in [2.05, 4.69) is 22.6 Å². The lowest BCUT2D eigenvalue weighted by Gasteiger charge is -2.09. The zero-order chi connectivity index (χ0) is 13.8. The number of hydrogen-bond acceptors (Lipinski definition) is 2. The SMILES string of the molecule is N=C(N)c1ccc(OCc2ccc(I)cc2)c(Cl)c1. The molecule has 0 aromatic heterocycles. The normalized spacial score (nSPS) is 10.2. The zero-order valence-corrected chi connectivity index (χ0v) is 12.9. The van der Waals surface area contributed by atoms with E-state index in [1.165, 1.54) is 3.57 Å². The summed E-state index contributed by atoms with van der Waals surface area (Å²) in [6, 6.07) is 13.2. The van der Waals surface area contributed by atoms with Crippen LogP contribution in [0.4, 0.5) is 0 Å². The molecule has 0 saturated heterocycles. The third-order valence-corrected chi connectivity index (χ3v) is 3.57. The minimum Gasteiger partial charge on any atom is -0.487 e. The van der Waals surface area contributed by atoms with Gasteiger partial charge in [-0.05, 0) is 58.5 Å². The fourth-order valence-corrected chi connectivity index (χ4v) is 2.12. The Hall–Kier alpha value is -1.27. The fraction of sp³-hybridized carbons (Fsp3) is 0.0714. The van der Waals surface area contributed by atoms with Crippen LogP contribution in [0.5, 0.6) is 5.75 Å². The van der Waals surface area contributed by atoms with Crippen LogP contribution < -0.4 is 10.5 Å². The summed E-state index contributed by atoms with van der Waals surface area (Å²) in [5.74, 6) is 0.580. The topological polar surface area (TPSA) is 59.1 Å². The van der Waals surface area contributed by atoms with Gasteiger partial charge in [0.2, 0.25) is 0 Å². The Kier molecular flexibility index (Phi) is 4.66. The molecule has 98 valence electrons. The van der Waals surface area contributed by atoms with E-state index in [-0.39, 0.29) is 5.84 Å². The summed E-state index contributed by atoms with van der Waals surface area (Å²) >= 11 is 8.34. The molecule has 0 unspecified atom stereocenters. The predicted molar refractivity (Wildman–Crippen MR) is 86.0 cm³/mol. The lowest BCUT2D eigenvalue weighted by Crippen LogP contribution is -2.10. The standard InChI is InChI=1S/C14H12ClIN2O/c15-12-7-10(14(17)18)3-6-13(12)19-8-9-1-4-11(16)5-2-9/h1-7H,8H2,(H3,17,18). The first kappa shape index (κ1) is 14.1. The molecule has 0 radical (unpaired) electrons. The minimum absolute atomic E-state index is 0.00826. The summed E-state index contributed by atoms with van der Waals surface area (Å²) < 4.78 is 6.84. The Morgan fingerprint density at radius 1 is 1.21 bits per heavy atom. The molecule has 3 nitrogen and oxygen atoms in total. The Bertz CT molecular complexity index is 599. The first-order valence-corrected chi connectivity index (χ1v) is 7.03. The molecule has 0 atom stereocenters. The van der Waals surface area contributed by atoms with Crippen LogP contribution >= 0.6 is 34.2 Å². The van der Waals surface area contributed by atoms with Crippen molar-refractivity contribution < 1.29 is 4.74 Å². The highest BCUT2D eigenvalue weighted by molar-refractivity contribution is 14.1. The number of nitrogens with two attached hydrogens (primary N) is 1. The van der Waals surface area contributed by atoms with Crippen molar-refractivity contribution in [3.8, 4) is 5.75 Å². The average Bonchev–Trinajstić information content (AvgIpc) is 2.39. The van der Waals surface area contributed by atoms with E-state index >= 15 is 0 Å². The van der Waals surface area contributed by atoms with Crippen LogP contribution in [-0.4, -0.2) is 5.84 Å². The molecule has 19 heavy (non-hydrogen) atoms. The van der Waals surface area contributed by atoms with E-state index in [0.29, 0.717) is 22.9 Å². The van der Waals surface area contributed by atoms with Gasteiger partial charge in [-0.15, -0.1) is 0 Å². The van der Waals surface area contributed by atoms with Gasteiger partial charge in [0.05, 0.1) is 5.02 Å². The highest BCUT2D eigenvalue weighted by atomic mass is 127. The summed E-state index contributed by atoms with van der Waals surface area (Å²) in [7, 11) is 0. The number of nitrogen functional groups attached to an aromatic ring is 1. The summed E-state index contributed by atoms with van der Waals surface area (Å²) in [6.45, 7) is 0.454. The summed E-state index contributed by atoms with van der Waals surface area (Å²) in [4.78, 5) is 0. The Balaban J connectivity index is 2.07. The van der Waals surface area contributed by atoms with Gasteiger partial charge in [0.1, 0.15) is 18.2 Å². The zero-order valence-electron chi connectivity index (χ0n) is 9.99. The lowest BCUT2D eigenvalue weighted by atomic mass is 10.2. The molecule has 0 saturated carbocycles. The van der Waals surface area contributed by atoms with Gasteiger partial charge in [0, 0.05) is 9.13 Å². The van der Waals surface area contributed by atoms with Crippen LogP contribution in [-0.2, 0) is 6.61 Å². The summed E-state index contributed by atoms with van der Waals surface area (Å²) in [6.07, 6.45) is 0. The van der Waals surface area contributed by atoms with Gasteiger partial charge in [-0.3, -0.25) is 5.41 Å². The van der Waals surface area contributed by atoms with Crippen LogP contribution in [0.3, 0.4) is 0 Å². The second-order valence-electron chi connectivity index (χ2n) is 3.97. The third-order valence-electron chi connectivity index (χ3n) is 2.55. The smallest absolute Gasteiger partial charge is 0.138 e. The Morgan fingerprint density at radius 3 is 2.47 bits per heavy atom. The van der Waals surface area contributed by atoms with Crippen molar-refractivity contribution in [2.24, 2.45) is 5.73 Å². The van der Waals surface area contributed by atoms with Crippen LogP contribution in [0.25, 0.3) is 0 Å². The second kappa shape index (κ2) is 6.25. The number of hydrogen-bond donors (Lipinski definition) is 2. The molecule has 5 heteroatoms. The van der Waals surface area contributed by atoms with Crippen molar-refractivity contribution in [3.05, 3.63) is 62.2 Å². The van der Waals surface area contributed by atoms with Gasteiger partial charge in [0.15, 0.2) is 0 Å². The van der Waals surface area contributed by atoms with Gasteiger partial charge < -0.3 is 10.5 Å². The van der Waals surface area contributed by atoms with Crippen molar-refractivity contribution in [2.75, 3.05) is 0 Å². The molecule has 2 aromatic carbocycles. The first-order valence-electron chi connectivity index (χ1n) is 5.57. The van der Waals surface area contributed by atoms with Crippen LogP contribution in [0.2, 0.25) is 5.02 Å². The monoisotopic (exact) mass is 386 g/mol. The lowest BCUT2D eigenvalue weighted by molar-refractivity contribution is 0.306. The van der Waals surface area contributed by atoms with E-state index in [1.807, 2.05) is 24.3 Å². The molecular formula is C14H12ClIN2O. The van der Waals surface area contributed by atoms with E-state index in [4.69, 9.17) is 27.5 Å². The predicted octanol–water partition coefficient (Wildman–Crippen LogP) is 3.81. The number of amidine groups is 1. The summed E-state index contributed by atoms with van der Waals surface area (Å²) in [5, 5.41) is 7.79. The van der Waals surface area contributed by atoms with E-state index in [9.17, 15) is 0 Å². The van der Waals surface area contributed by atoms with Crippen molar-refractivity contribution in [1.29, 1.82) is 5.41 Å². The molecule has 0 aliphatic heterocycles. The summed E-state index contributed by atoms with van der Waals surface area (Å²) in [5.41, 5.74) is 7.06. The maximum absolute atomic E-state index is 7.34. The highest BCUT2D eigenvalue weighted by Gasteiger charge is 2.05. The molecule has 2 rings (SSSR count). The van der Waals surface area contributed by atoms with E-state index < -0.39 is 0 Å². The largest absolute Gasteiger partial charge is 0.487 e. The van der Waals surface area contributed by atoms with Crippen molar-refractivity contribution in [3.63, 3.8) is 0 Å². The van der Waals surface area contributed by atoms with Gasteiger partial charge in [-0.25, -0.2) is 0 Å². The molecule has 0 bridgehead atoms. The molecule has 0 fully saturated rings. The molecule has 0 spiro atoms. The second-order valence-corrected chi connectivity index (χ2v) is 5.63. The van der Waals surface area contributed by atoms with Crippen molar-refractivity contribution in [2.45, 2.75) is 6.61 Å². The number of ether oxygens (including phenoxy) is 1. The minimum atomic E-state index is -0.00826. The molecule has 2 aromatic rings. The first-order chi connectivity index (χ1) is 9.06. The molecular weight excluding hydrogens is 375 g/mol.